The van der Waals surface area contributed by atoms with Crippen LogP contribution in [-0.2, 0) is 27.0 Å². The summed E-state index contributed by atoms with van der Waals surface area (Å²) < 4.78 is 22.1. The van der Waals surface area contributed by atoms with Gasteiger partial charge >= 0.3 is 0 Å². The van der Waals surface area contributed by atoms with Gasteiger partial charge in [0, 0.05) is 98.0 Å². The van der Waals surface area contributed by atoms with Crippen molar-refractivity contribution in [3.05, 3.63) is 88.3 Å². The highest BCUT2D eigenvalue weighted by atomic mass is 79.9. The molecule has 3 aromatic carbocycles. The molecule has 0 saturated carbocycles. The van der Waals surface area contributed by atoms with Crippen LogP contribution in [0.25, 0.3) is 21.8 Å². The molecule has 0 radical (unpaired) electrons. The number of carbonyl (C=O) groups is 2. The van der Waals surface area contributed by atoms with E-state index in [9.17, 15) is 14.2 Å². The minimum Gasteiger partial charge on any atom is -0.494 e. The zero-order valence-corrected chi connectivity index (χ0v) is 40.2. The van der Waals surface area contributed by atoms with E-state index < -0.39 is 13.2 Å². The molecule has 1 atom stereocenters. The summed E-state index contributed by atoms with van der Waals surface area (Å²) >= 11 is 3.63. The van der Waals surface area contributed by atoms with Gasteiger partial charge in [-0.25, -0.2) is 4.98 Å². The second kappa shape index (κ2) is 18.8. The molecule has 3 N–H and O–H groups in total. The van der Waals surface area contributed by atoms with E-state index in [1.165, 1.54) is 16.8 Å². The maximum atomic E-state index is 13.7. The number of halogens is 1. The number of amides is 2. The number of rotatable bonds is 13. The van der Waals surface area contributed by atoms with Crippen LogP contribution in [0.15, 0.2) is 71.5 Å². The lowest BCUT2D eigenvalue weighted by molar-refractivity contribution is -0.135. The van der Waals surface area contributed by atoms with Gasteiger partial charge in [-0.05, 0) is 110 Å². The highest BCUT2D eigenvalue weighted by Crippen LogP contribution is 2.42. The lowest BCUT2D eigenvalue weighted by Crippen LogP contribution is -2.53. The van der Waals surface area contributed by atoms with Crippen molar-refractivity contribution >= 4 is 90.8 Å². The number of ether oxygens (including phenoxy) is 1. The molecular weight excluding hydrogens is 905 g/mol. The predicted octanol–water partition coefficient (Wildman–Crippen LogP) is 7.56. The molecule has 6 heterocycles. The zero-order chi connectivity index (χ0) is 45.4. The van der Waals surface area contributed by atoms with Gasteiger partial charge in [0.05, 0.1) is 40.2 Å². The van der Waals surface area contributed by atoms with E-state index in [0.29, 0.717) is 46.6 Å². The monoisotopic (exact) mass is 961 g/mol. The molecule has 340 valence electrons. The summed E-state index contributed by atoms with van der Waals surface area (Å²) in [5.74, 6) is 1.16. The van der Waals surface area contributed by atoms with Gasteiger partial charge in [0.25, 0.3) is 5.91 Å². The van der Waals surface area contributed by atoms with Gasteiger partial charge in [-0.3, -0.25) is 29.5 Å². The number of carbonyl (C=O) groups excluding carboxylic acids is 2. The number of anilines is 5. The van der Waals surface area contributed by atoms with E-state index >= 15 is 0 Å². The molecule has 9 rings (SSSR count). The Morgan fingerprint density at radius 2 is 1.69 bits per heavy atom. The second-order valence-corrected chi connectivity index (χ2v) is 21.8. The Hall–Kier alpha value is -5.41. The van der Waals surface area contributed by atoms with Crippen molar-refractivity contribution in [2.75, 3.05) is 81.8 Å². The van der Waals surface area contributed by atoms with Crippen molar-refractivity contribution in [3.8, 4) is 5.75 Å². The maximum Gasteiger partial charge on any atom is 0.251 e. The molecule has 15 nitrogen and oxygen atoms in total. The third-order valence-electron chi connectivity index (χ3n) is 13.2. The molecule has 65 heavy (non-hydrogen) atoms. The van der Waals surface area contributed by atoms with Crippen LogP contribution >= 0.6 is 23.1 Å². The number of benzene rings is 3. The number of aromatic nitrogens is 5. The quantitative estimate of drug-likeness (QED) is 0.0769. The lowest BCUT2D eigenvalue weighted by Gasteiger charge is -2.43. The number of piperazine rings is 1. The number of hydrogen-bond acceptors (Lipinski definition) is 13. The molecule has 17 heteroatoms. The minimum absolute atomic E-state index is 0.218. The second-order valence-electron chi connectivity index (χ2n) is 17.8. The van der Waals surface area contributed by atoms with Gasteiger partial charge in [0.15, 0.2) is 0 Å². The number of aryl methyl sites for hydroxylation is 2. The van der Waals surface area contributed by atoms with E-state index in [1.807, 2.05) is 49.5 Å². The number of hydrogen-bond donors (Lipinski definition) is 3. The predicted molar refractivity (Wildman–Crippen MR) is 262 cm³/mol. The number of imide groups is 1. The fourth-order valence-corrected chi connectivity index (χ4v) is 11.6. The highest BCUT2D eigenvalue weighted by molar-refractivity contribution is 9.10. The molecule has 0 aliphatic carbocycles. The van der Waals surface area contributed by atoms with Crippen LogP contribution in [0.3, 0.4) is 0 Å². The van der Waals surface area contributed by atoms with Crippen molar-refractivity contribution in [2.45, 2.75) is 64.5 Å². The molecule has 3 aromatic heterocycles. The van der Waals surface area contributed by atoms with E-state index in [1.54, 1.807) is 31.3 Å². The van der Waals surface area contributed by atoms with E-state index in [-0.39, 0.29) is 11.8 Å². The first kappa shape index (κ1) is 44.8. The Bertz CT molecular complexity index is 2810. The summed E-state index contributed by atoms with van der Waals surface area (Å²) in [5.41, 5.74) is 7.81. The average Bonchev–Trinajstić information content (AvgIpc) is 3.73. The van der Waals surface area contributed by atoms with Gasteiger partial charge in [-0.1, -0.05) is 25.1 Å². The SMILES string of the molecule is CCc1cc(Nc2ncc(Br)c(Nc3ccc4nc(C)ccc4c3P(C)(C)=O)n2)c(OC)cc1N1CCC(N2CCN(CCc3cccc4c3cnn4C3CCC(=O)NC3=O)CC2)CC1. The third-order valence-corrected chi connectivity index (χ3v) is 15.3. The summed E-state index contributed by atoms with van der Waals surface area (Å²) in [7, 11) is -1.03. The van der Waals surface area contributed by atoms with Gasteiger partial charge < -0.3 is 29.7 Å². The highest BCUT2D eigenvalue weighted by Gasteiger charge is 2.31. The normalized spacial score (nSPS) is 18.1. The number of nitrogens with one attached hydrogen (secondary N) is 3. The Morgan fingerprint density at radius 3 is 2.43 bits per heavy atom. The summed E-state index contributed by atoms with van der Waals surface area (Å²) in [6.07, 6.45) is 8.36. The summed E-state index contributed by atoms with van der Waals surface area (Å²) in [5, 5.41) is 16.6. The van der Waals surface area contributed by atoms with Crippen LogP contribution in [0, 0.1) is 6.92 Å². The van der Waals surface area contributed by atoms with E-state index in [4.69, 9.17) is 9.72 Å². The Labute approximate surface area is 388 Å². The van der Waals surface area contributed by atoms with Crippen molar-refractivity contribution in [1.82, 2.24) is 39.8 Å². The van der Waals surface area contributed by atoms with Gasteiger partial charge in [0.2, 0.25) is 11.9 Å². The molecule has 2 amide bonds. The van der Waals surface area contributed by atoms with Crippen LogP contribution < -0.4 is 30.9 Å². The zero-order valence-electron chi connectivity index (χ0n) is 37.7. The topological polar surface area (TPSA) is 163 Å². The van der Waals surface area contributed by atoms with Crippen LogP contribution in [0.1, 0.15) is 55.5 Å². The summed E-state index contributed by atoms with van der Waals surface area (Å²) in [4.78, 5) is 46.2. The molecule has 6 aromatic rings. The average molecular weight is 963 g/mol. The molecule has 3 aliphatic heterocycles. The summed E-state index contributed by atoms with van der Waals surface area (Å²) in [6.45, 7) is 14.8. The van der Waals surface area contributed by atoms with Crippen molar-refractivity contribution in [2.24, 2.45) is 0 Å². The fourth-order valence-electron chi connectivity index (χ4n) is 9.81. The van der Waals surface area contributed by atoms with Gasteiger partial charge in [-0.15, -0.1) is 0 Å². The first-order valence-electron chi connectivity index (χ1n) is 22.6. The minimum atomic E-state index is -2.72. The van der Waals surface area contributed by atoms with Gasteiger partial charge in [0.1, 0.15) is 24.8 Å². The van der Waals surface area contributed by atoms with E-state index in [0.717, 1.165) is 110 Å². The van der Waals surface area contributed by atoms with E-state index in [2.05, 4.69) is 86.8 Å². The number of fused-ring (bicyclic) bond motifs is 2. The van der Waals surface area contributed by atoms with Crippen molar-refractivity contribution in [3.63, 3.8) is 0 Å². The Balaban J connectivity index is 0.811. The van der Waals surface area contributed by atoms with Crippen molar-refractivity contribution in [1.29, 1.82) is 0 Å². The number of methoxy groups -OCH3 is 1. The molecular formula is C48H57BrN11O4P. The largest absolute Gasteiger partial charge is 0.494 e. The molecule has 1 unspecified atom stereocenters. The number of piperidine rings is 2. The molecule has 3 aliphatic rings. The van der Waals surface area contributed by atoms with Crippen LogP contribution in [-0.4, -0.2) is 119 Å². The first-order valence-corrected chi connectivity index (χ1v) is 26.0. The maximum absolute atomic E-state index is 13.7. The van der Waals surface area contributed by atoms with Crippen LogP contribution in [0.2, 0.25) is 0 Å². The smallest absolute Gasteiger partial charge is 0.251 e. The Kier molecular flexibility index (Phi) is 13.0. The fraction of sp³-hybridized carbons (Fsp3) is 0.417. The first-order chi connectivity index (χ1) is 31.4. The standard InChI is InChI=1S/C48H57BrN11O4P/c1-6-31-26-39(54-48-50-29-36(49)46(56-48)53-38-13-12-37-34(11-10-30(2)52-37)45(38)65(4,5)63)43(64-3)27-42(31)59-20-17-33(18-21-59)58-24-22-57(23-25-58)19-16-32-8-7-9-40-35(32)28-51-60(40)41-14-15-44(61)55-47(41)62/h7-13,26-29,33,41H,6,14-25H2,1-5H3,(H,55,61,62)(H2,50,53,54,56). The molecule has 0 bridgehead atoms. The van der Waals surface area contributed by atoms with Crippen molar-refractivity contribution < 1.29 is 18.9 Å². The Morgan fingerprint density at radius 1 is 0.892 bits per heavy atom. The third kappa shape index (κ3) is 9.49. The lowest BCUT2D eigenvalue weighted by atomic mass is 9.99. The van der Waals surface area contributed by atoms with Gasteiger partial charge in [-0.2, -0.15) is 10.1 Å². The number of nitrogens with zero attached hydrogens (tertiary/aromatic N) is 8. The number of pyridine rings is 1. The van der Waals surface area contributed by atoms with Crippen LogP contribution in [0.4, 0.5) is 28.8 Å². The summed E-state index contributed by atoms with van der Waals surface area (Å²) in [6, 6.07) is 18.4. The molecule has 3 saturated heterocycles. The molecule has 3 fully saturated rings. The van der Waals surface area contributed by atoms with Crippen LogP contribution in [0.5, 0.6) is 5.75 Å². The molecule has 0 spiro atoms.